The van der Waals surface area contributed by atoms with Gasteiger partial charge in [0.1, 0.15) is 15.8 Å². The largest absolute Gasteiger partial charge is 0.356 e. The highest BCUT2D eigenvalue weighted by Crippen LogP contribution is 2.35. The van der Waals surface area contributed by atoms with E-state index >= 15 is 0 Å². The Hall–Kier alpha value is -2.19. The van der Waals surface area contributed by atoms with E-state index in [1.54, 1.807) is 21.6 Å². The molecule has 0 N–H and O–H groups in total. The van der Waals surface area contributed by atoms with Gasteiger partial charge in [-0.1, -0.05) is 30.0 Å². The zero-order valence-electron chi connectivity index (χ0n) is 16.8. The van der Waals surface area contributed by atoms with Gasteiger partial charge in [-0.3, -0.25) is 18.9 Å². The van der Waals surface area contributed by atoms with Crippen LogP contribution in [-0.4, -0.2) is 43.6 Å². The maximum atomic E-state index is 13.4. The molecule has 6 nitrogen and oxygen atoms in total. The minimum Gasteiger partial charge on any atom is -0.356 e. The molecule has 0 radical (unpaired) electrons. The van der Waals surface area contributed by atoms with Crippen LogP contribution in [0.1, 0.15) is 44.2 Å². The average molecular weight is 429 g/mol. The number of thiocarbonyl (C=S) groups is 1. The first kappa shape index (κ1) is 20.1. The molecule has 4 rings (SSSR count). The van der Waals surface area contributed by atoms with Crippen molar-refractivity contribution < 1.29 is 4.79 Å². The van der Waals surface area contributed by atoms with Crippen molar-refractivity contribution in [2.24, 2.45) is 0 Å². The third-order valence-corrected chi connectivity index (χ3v) is 6.67. The Kier molecular flexibility index (Phi) is 5.48. The van der Waals surface area contributed by atoms with Gasteiger partial charge in [0.15, 0.2) is 0 Å². The molecule has 0 spiro atoms. The lowest BCUT2D eigenvalue weighted by molar-refractivity contribution is -0.123. The number of hydrogen-bond donors (Lipinski definition) is 0. The highest BCUT2D eigenvalue weighted by Gasteiger charge is 2.34. The van der Waals surface area contributed by atoms with E-state index in [1.807, 2.05) is 32.9 Å². The van der Waals surface area contributed by atoms with E-state index < -0.39 is 0 Å². The lowest BCUT2D eigenvalue weighted by atomic mass is 10.1. The molecule has 2 saturated heterocycles. The second-order valence-electron chi connectivity index (χ2n) is 7.73. The summed E-state index contributed by atoms with van der Waals surface area (Å²) in [5.41, 5.74) is 1.90. The third-order valence-electron chi connectivity index (χ3n) is 5.34. The number of amides is 1. The van der Waals surface area contributed by atoms with Crippen LogP contribution in [0.15, 0.2) is 28.0 Å². The van der Waals surface area contributed by atoms with Crippen molar-refractivity contribution in [3.8, 4) is 0 Å². The van der Waals surface area contributed by atoms with Crippen molar-refractivity contribution in [1.82, 2.24) is 14.3 Å². The zero-order chi connectivity index (χ0) is 20.7. The number of rotatable bonds is 3. The summed E-state index contributed by atoms with van der Waals surface area (Å²) < 4.78 is 2.10. The quantitative estimate of drug-likeness (QED) is 0.550. The number of fused-ring (bicyclic) bond motifs is 1. The number of anilines is 1. The average Bonchev–Trinajstić information content (AvgIpc) is 2.98. The zero-order valence-corrected chi connectivity index (χ0v) is 18.5. The minimum atomic E-state index is -0.158. The number of aromatic nitrogens is 2. The molecular weight excluding hydrogens is 404 g/mol. The summed E-state index contributed by atoms with van der Waals surface area (Å²) in [6.45, 7) is 7.55. The van der Waals surface area contributed by atoms with Crippen LogP contribution in [0.2, 0.25) is 0 Å². The number of aryl methyl sites for hydroxylation is 1. The van der Waals surface area contributed by atoms with Crippen LogP contribution < -0.4 is 10.5 Å². The molecule has 152 valence electrons. The Bertz CT molecular complexity index is 1080. The van der Waals surface area contributed by atoms with Gasteiger partial charge in [0.05, 0.1) is 10.5 Å². The Morgan fingerprint density at radius 3 is 2.59 bits per heavy atom. The van der Waals surface area contributed by atoms with Crippen molar-refractivity contribution >= 4 is 51.7 Å². The Morgan fingerprint density at radius 2 is 1.93 bits per heavy atom. The van der Waals surface area contributed by atoms with Crippen LogP contribution in [0.25, 0.3) is 11.7 Å². The van der Waals surface area contributed by atoms with Crippen LogP contribution in [0.5, 0.6) is 0 Å². The highest BCUT2D eigenvalue weighted by atomic mass is 32.2. The van der Waals surface area contributed by atoms with Gasteiger partial charge in [0.2, 0.25) is 0 Å². The van der Waals surface area contributed by atoms with E-state index in [1.165, 1.54) is 18.2 Å². The molecule has 4 heterocycles. The van der Waals surface area contributed by atoms with Crippen molar-refractivity contribution in [2.75, 3.05) is 18.0 Å². The van der Waals surface area contributed by atoms with Crippen molar-refractivity contribution in [2.45, 2.75) is 46.1 Å². The lowest BCUT2D eigenvalue weighted by Crippen LogP contribution is -2.35. The van der Waals surface area contributed by atoms with Gasteiger partial charge < -0.3 is 4.90 Å². The number of thioether (sulfide) groups is 1. The molecule has 0 aliphatic carbocycles. The number of carbonyl (C=O) groups excluding carboxylic acids is 1. The normalized spacial score (nSPS) is 19.2. The summed E-state index contributed by atoms with van der Waals surface area (Å²) in [6.07, 6.45) is 6.75. The monoisotopic (exact) mass is 428 g/mol. The molecule has 0 saturated carbocycles. The van der Waals surface area contributed by atoms with Crippen molar-refractivity contribution in [3.63, 3.8) is 0 Å². The third kappa shape index (κ3) is 3.59. The molecule has 29 heavy (non-hydrogen) atoms. The fourth-order valence-corrected chi connectivity index (χ4v) is 5.34. The number of pyridine rings is 1. The van der Waals surface area contributed by atoms with E-state index in [-0.39, 0.29) is 17.5 Å². The first-order valence-electron chi connectivity index (χ1n) is 9.92. The van der Waals surface area contributed by atoms with E-state index in [0.29, 0.717) is 26.3 Å². The maximum absolute atomic E-state index is 13.4. The van der Waals surface area contributed by atoms with Gasteiger partial charge >= 0.3 is 0 Å². The molecule has 2 aliphatic heterocycles. The maximum Gasteiger partial charge on any atom is 0.267 e. The lowest BCUT2D eigenvalue weighted by Gasteiger charge is -2.29. The van der Waals surface area contributed by atoms with Crippen molar-refractivity contribution in [1.29, 1.82) is 0 Å². The predicted octanol–water partition coefficient (Wildman–Crippen LogP) is 3.60. The van der Waals surface area contributed by atoms with Gasteiger partial charge in [0, 0.05) is 25.3 Å². The minimum absolute atomic E-state index is 0.0200. The summed E-state index contributed by atoms with van der Waals surface area (Å²) in [5, 5.41) is 0. The molecule has 2 aromatic heterocycles. The van der Waals surface area contributed by atoms with Gasteiger partial charge in [-0.05, 0) is 57.7 Å². The number of piperidine rings is 1. The first-order chi connectivity index (χ1) is 13.9. The van der Waals surface area contributed by atoms with E-state index in [4.69, 9.17) is 17.2 Å². The fraction of sp³-hybridized carbons (Fsp3) is 0.429. The summed E-state index contributed by atoms with van der Waals surface area (Å²) >= 11 is 6.64. The summed E-state index contributed by atoms with van der Waals surface area (Å²) in [7, 11) is 0. The number of nitrogens with zero attached hydrogens (tertiary/aromatic N) is 4. The van der Waals surface area contributed by atoms with Gasteiger partial charge in [-0.15, -0.1) is 0 Å². The van der Waals surface area contributed by atoms with E-state index in [2.05, 4.69) is 4.90 Å². The first-order valence-corrected chi connectivity index (χ1v) is 11.1. The van der Waals surface area contributed by atoms with Crippen LogP contribution >= 0.6 is 24.0 Å². The van der Waals surface area contributed by atoms with Crippen LogP contribution in [0, 0.1) is 6.92 Å². The molecule has 0 bridgehead atoms. The molecule has 0 atom stereocenters. The van der Waals surface area contributed by atoms with E-state index in [0.717, 1.165) is 31.5 Å². The van der Waals surface area contributed by atoms with E-state index in [9.17, 15) is 9.59 Å². The van der Waals surface area contributed by atoms with Crippen LogP contribution in [0.3, 0.4) is 0 Å². The van der Waals surface area contributed by atoms with Gasteiger partial charge in [-0.2, -0.15) is 0 Å². The number of hydrogen-bond acceptors (Lipinski definition) is 6. The summed E-state index contributed by atoms with van der Waals surface area (Å²) in [5.74, 6) is 0.521. The van der Waals surface area contributed by atoms with Crippen LogP contribution in [0.4, 0.5) is 5.82 Å². The van der Waals surface area contributed by atoms with Crippen LogP contribution in [-0.2, 0) is 4.79 Å². The Morgan fingerprint density at radius 1 is 1.21 bits per heavy atom. The molecular formula is C21H24N4O2S2. The molecule has 8 heteroatoms. The predicted molar refractivity (Wildman–Crippen MR) is 122 cm³/mol. The second kappa shape index (κ2) is 7.91. The molecule has 2 fully saturated rings. The number of carbonyl (C=O) groups is 1. The second-order valence-corrected chi connectivity index (χ2v) is 9.41. The van der Waals surface area contributed by atoms with Crippen molar-refractivity contribution in [3.05, 3.63) is 44.7 Å². The molecule has 1 amide bonds. The summed E-state index contributed by atoms with van der Waals surface area (Å²) in [4.78, 5) is 35.4. The fourth-order valence-electron chi connectivity index (χ4n) is 3.83. The summed E-state index contributed by atoms with van der Waals surface area (Å²) in [6, 6.07) is 3.77. The molecule has 0 unspecified atom stereocenters. The Labute approximate surface area is 179 Å². The van der Waals surface area contributed by atoms with Gasteiger partial charge in [0.25, 0.3) is 11.5 Å². The van der Waals surface area contributed by atoms with Gasteiger partial charge in [-0.25, -0.2) is 4.98 Å². The smallest absolute Gasteiger partial charge is 0.267 e. The topological polar surface area (TPSA) is 57.9 Å². The molecule has 2 aliphatic rings. The Balaban J connectivity index is 1.91. The standard InChI is InChI=1S/C21H24N4O2S2/c1-13(2)25-20(27)16(29-21(25)28)12-15-18(23-9-5-4-6-10-23)22-17-14(3)8-7-11-24(17)19(15)26/h7-8,11-13H,4-6,9-10H2,1-3H3/b16-12-. The SMILES string of the molecule is Cc1cccn2c(=O)c(/C=C3\SC(=S)N(C(C)C)C3=O)c(N3CCCCC3)nc12. The highest BCUT2D eigenvalue weighted by molar-refractivity contribution is 8.26. The molecule has 0 aromatic carbocycles. The molecule has 2 aromatic rings.